The molecule has 1 aliphatic carbocycles. The highest BCUT2D eigenvalue weighted by Gasteiger charge is 2.29. The van der Waals surface area contributed by atoms with E-state index >= 15 is 0 Å². The van der Waals surface area contributed by atoms with E-state index in [1.54, 1.807) is 0 Å². The number of hydrogen-bond acceptors (Lipinski definition) is 4. The topological polar surface area (TPSA) is 49.8 Å². The quantitative estimate of drug-likeness (QED) is 0.859. The highest BCUT2D eigenvalue weighted by molar-refractivity contribution is 5.58. The van der Waals surface area contributed by atoms with Gasteiger partial charge in [-0.25, -0.2) is 9.97 Å². The lowest BCUT2D eigenvalue weighted by atomic mass is 10.0. The summed E-state index contributed by atoms with van der Waals surface area (Å²) in [6.07, 6.45) is 5.94. The minimum Gasteiger partial charge on any atom is -0.373 e. The minimum atomic E-state index is 0.204. The lowest BCUT2D eigenvalue weighted by Gasteiger charge is -2.27. The van der Waals surface area contributed by atoms with Gasteiger partial charge < -0.3 is 10.6 Å². The van der Waals surface area contributed by atoms with Gasteiger partial charge in [-0.05, 0) is 26.7 Å². The van der Waals surface area contributed by atoms with Crippen molar-refractivity contribution in [1.29, 1.82) is 0 Å². The summed E-state index contributed by atoms with van der Waals surface area (Å²) < 4.78 is 0. The van der Waals surface area contributed by atoms with Crippen LogP contribution in [0.3, 0.4) is 0 Å². The summed E-state index contributed by atoms with van der Waals surface area (Å²) in [6.45, 7) is 6.46. The van der Waals surface area contributed by atoms with Gasteiger partial charge in [0.15, 0.2) is 0 Å². The third-order valence-corrected chi connectivity index (χ3v) is 3.87. The standard InChI is InChI=1S/C14H24N4/c1-5-11-16-12(15-4)10(2)13(17-11)18-14(3)8-6-7-9-14/h5-9H2,1-4H3,(H2,15,16,17,18). The second kappa shape index (κ2) is 5.12. The average molecular weight is 248 g/mol. The van der Waals surface area contributed by atoms with Crippen molar-refractivity contribution in [2.45, 2.75) is 58.4 Å². The van der Waals surface area contributed by atoms with Gasteiger partial charge in [-0.3, -0.25) is 0 Å². The molecule has 0 aromatic carbocycles. The van der Waals surface area contributed by atoms with E-state index in [1.165, 1.54) is 25.7 Å². The number of nitrogens with zero attached hydrogens (tertiary/aromatic N) is 2. The maximum absolute atomic E-state index is 4.65. The number of rotatable bonds is 4. The van der Waals surface area contributed by atoms with Crippen molar-refractivity contribution in [3.8, 4) is 0 Å². The second-order valence-electron chi connectivity index (χ2n) is 5.46. The van der Waals surface area contributed by atoms with E-state index in [4.69, 9.17) is 0 Å². The van der Waals surface area contributed by atoms with Gasteiger partial charge in [-0.15, -0.1) is 0 Å². The zero-order valence-corrected chi connectivity index (χ0v) is 11.9. The van der Waals surface area contributed by atoms with Crippen LogP contribution >= 0.6 is 0 Å². The molecule has 0 bridgehead atoms. The number of aryl methyl sites for hydroxylation is 1. The fraction of sp³-hybridized carbons (Fsp3) is 0.714. The van der Waals surface area contributed by atoms with Gasteiger partial charge >= 0.3 is 0 Å². The molecule has 1 aliphatic rings. The summed E-state index contributed by atoms with van der Waals surface area (Å²) in [6, 6.07) is 0. The van der Waals surface area contributed by atoms with Gasteiger partial charge in [0.25, 0.3) is 0 Å². The van der Waals surface area contributed by atoms with Crippen LogP contribution in [-0.4, -0.2) is 22.6 Å². The van der Waals surface area contributed by atoms with Crippen LogP contribution in [0.4, 0.5) is 11.6 Å². The molecule has 0 atom stereocenters. The molecule has 1 aromatic rings. The molecule has 1 fully saturated rings. The van der Waals surface area contributed by atoms with Crippen LogP contribution < -0.4 is 10.6 Å². The van der Waals surface area contributed by atoms with Gasteiger partial charge in [0, 0.05) is 24.6 Å². The number of nitrogens with one attached hydrogen (secondary N) is 2. The van der Waals surface area contributed by atoms with Crippen LogP contribution in [0.15, 0.2) is 0 Å². The molecule has 0 spiro atoms. The molecule has 1 aromatic heterocycles. The van der Waals surface area contributed by atoms with Gasteiger partial charge in [-0.2, -0.15) is 0 Å². The predicted molar refractivity (Wildman–Crippen MR) is 76.2 cm³/mol. The Balaban J connectivity index is 2.31. The summed E-state index contributed by atoms with van der Waals surface area (Å²) in [7, 11) is 1.91. The first-order chi connectivity index (χ1) is 8.58. The van der Waals surface area contributed by atoms with Crippen molar-refractivity contribution in [1.82, 2.24) is 9.97 Å². The fourth-order valence-electron chi connectivity index (χ4n) is 2.65. The van der Waals surface area contributed by atoms with Gasteiger partial charge in [0.1, 0.15) is 17.5 Å². The smallest absolute Gasteiger partial charge is 0.135 e. The summed E-state index contributed by atoms with van der Waals surface area (Å²) in [5.74, 6) is 2.83. The molecular weight excluding hydrogens is 224 g/mol. The number of hydrogen-bond donors (Lipinski definition) is 2. The van der Waals surface area contributed by atoms with Crippen molar-refractivity contribution in [3.05, 3.63) is 11.4 Å². The van der Waals surface area contributed by atoms with Crippen LogP contribution in [0.1, 0.15) is 50.9 Å². The summed E-state index contributed by atoms with van der Waals surface area (Å²) in [5, 5.41) is 6.80. The first kappa shape index (κ1) is 13.1. The minimum absolute atomic E-state index is 0.204. The van der Waals surface area contributed by atoms with E-state index < -0.39 is 0 Å². The van der Waals surface area contributed by atoms with Gasteiger partial charge in [0.05, 0.1) is 0 Å². The van der Waals surface area contributed by atoms with Crippen LogP contribution in [-0.2, 0) is 6.42 Å². The SMILES string of the molecule is CCc1nc(NC)c(C)c(NC2(C)CCCC2)n1. The molecule has 2 rings (SSSR count). The van der Waals surface area contributed by atoms with Crippen LogP contribution in [0.5, 0.6) is 0 Å². The van der Waals surface area contributed by atoms with Crippen molar-refractivity contribution in [2.24, 2.45) is 0 Å². The van der Waals surface area contributed by atoms with E-state index in [9.17, 15) is 0 Å². The average Bonchev–Trinajstić information content (AvgIpc) is 2.78. The monoisotopic (exact) mass is 248 g/mol. The Hall–Kier alpha value is -1.32. The maximum Gasteiger partial charge on any atom is 0.135 e. The molecule has 4 heteroatoms. The zero-order chi connectivity index (χ0) is 13.2. The highest BCUT2D eigenvalue weighted by Crippen LogP contribution is 2.33. The number of aromatic nitrogens is 2. The Labute approximate surface area is 110 Å². The van der Waals surface area contributed by atoms with Crippen molar-refractivity contribution in [2.75, 3.05) is 17.7 Å². The van der Waals surface area contributed by atoms with Crippen molar-refractivity contribution in [3.63, 3.8) is 0 Å². The molecule has 0 radical (unpaired) electrons. The Morgan fingerprint density at radius 3 is 2.33 bits per heavy atom. The molecule has 1 saturated carbocycles. The van der Waals surface area contributed by atoms with Crippen molar-refractivity contribution >= 4 is 11.6 Å². The van der Waals surface area contributed by atoms with E-state index in [2.05, 4.69) is 41.4 Å². The third kappa shape index (κ3) is 2.57. The van der Waals surface area contributed by atoms with E-state index in [1.807, 2.05) is 7.05 Å². The number of anilines is 2. The van der Waals surface area contributed by atoms with E-state index in [-0.39, 0.29) is 5.54 Å². The molecule has 4 nitrogen and oxygen atoms in total. The molecule has 18 heavy (non-hydrogen) atoms. The van der Waals surface area contributed by atoms with Crippen molar-refractivity contribution < 1.29 is 0 Å². The molecule has 1 heterocycles. The lowest BCUT2D eigenvalue weighted by molar-refractivity contribution is 0.530. The van der Waals surface area contributed by atoms with Crippen LogP contribution in [0, 0.1) is 6.92 Å². The van der Waals surface area contributed by atoms with Gasteiger partial charge in [0.2, 0.25) is 0 Å². The Bertz CT molecular complexity index is 422. The highest BCUT2D eigenvalue weighted by atomic mass is 15.1. The van der Waals surface area contributed by atoms with E-state index in [0.29, 0.717) is 0 Å². The maximum atomic E-state index is 4.65. The molecule has 0 saturated heterocycles. The molecule has 100 valence electrons. The van der Waals surface area contributed by atoms with Crippen LogP contribution in [0.25, 0.3) is 0 Å². The van der Waals surface area contributed by atoms with Crippen LogP contribution in [0.2, 0.25) is 0 Å². The summed E-state index contributed by atoms with van der Waals surface area (Å²) in [4.78, 5) is 9.15. The molecule has 0 unspecified atom stereocenters. The second-order valence-corrected chi connectivity index (χ2v) is 5.46. The Morgan fingerprint density at radius 2 is 1.78 bits per heavy atom. The largest absolute Gasteiger partial charge is 0.373 e. The first-order valence-electron chi connectivity index (χ1n) is 6.91. The zero-order valence-electron chi connectivity index (χ0n) is 11.9. The molecule has 0 amide bonds. The van der Waals surface area contributed by atoms with E-state index in [0.717, 1.165) is 29.4 Å². The summed E-state index contributed by atoms with van der Waals surface area (Å²) in [5.41, 5.74) is 1.32. The normalized spacial score (nSPS) is 17.8. The molecule has 2 N–H and O–H groups in total. The Morgan fingerprint density at radius 1 is 1.17 bits per heavy atom. The predicted octanol–water partition coefficient (Wildman–Crippen LogP) is 3.13. The first-order valence-corrected chi connectivity index (χ1v) is 6.91. The lowest BCUT2D eigenvalue weighted by Crippen LogP contribution is -2.32. The Kier molecular flexibility index (Phi) is 3.73. The molecular formula is C14H24N4. The van der Waals surface area contributed by atoms with Gasteiger partial charge in [-0.1, -0.05) is 19.8 Å². The third-order valence-electron chi connectivity index (χ3n) is 3.87. The summed E-state index contributed by atoms with van der Waals surface area (Å²) >= 11 is 0. The fourth-order valence-corrected chi connectivity index (χ4v) is 2.65. The molecule has 0 aliphatic heterocycles.